The summed E-state index contributed by atoms with van der Waals surface area (Å²) in [6, 6.07) is 16.6. The quantitative estimate of drug-likeness (QED) is 0.470. The average molecular weight is 405 g/mol. The second-order valence-electron chi connectivity index (χ2n) is 7.57. The van der Waals surface area contributed by atoms with Gasteiger partial charge in [0, 0.05) is 48.0 Å². The topological polar surface area (TPSA) is 55.3 Å². The van der Waals surface area contributed by atoms with E-state index in [4.69, 9.17) is 9.47 Å². The molecule has 0 saturated heterocycles. The second-order valence-corrected chi connectivity index (χ2v) is 7.57. The highest BCUT2D eigenvalue weighted by molar-refractivity contribution is 5.81. The number of ether oxygens (including phenoxy) is 2. The number of nitrogens with zero attached hydrogens (tertiary/aromatic N) is 3. The van der Waals surface area contributed by atoms with Crippen molar-refractivity contribution in [3.05, 3.63) is 66.0 Å². The lowest BCUT2D eigenvalue weighted by Crippen LogP contribution is -2.23. The van der Waals surface area contributed by atoms with Gasteiger partial charge in [0.15, 0.2) is 0 Å². The molecule has 0 amide bonds. The summed E-state index contributed by atoms with van der Waals surface area (Å²) < 4.78 is 13.3. The standard InChI is InChI=1S/C24H28N4O2/c1-17-13-18-7-5-6-8-22(18)28(17)12-11-27(2)16-19-15-25-26-24(19)21-10-9-20(29-3)14-23(21)30-4/h5-10,13-15H,11-12,16H2,1-4H3,(H,25,26). The Morgan fingerprint density at radius 3 is 2.70 bits per heavy atom. The van der Waals surface area contributed by atoms with Gasteiger partial charge in [-0.2, -0.15) is 5.10 Å². The average Bonchev–Trinajstić information content (AvgIpc) is 3.34. The fourth-order valence-corrected chi connectivity index (χ4v) is 3.95. The molecule has 0 saturated carbocycles. The van der Waals surface area contributed by atoms with Gasteiger partial charge in [0.2, 0.25) is 0 Å². The Labute approximate surface area is 177 Å². The van der Waals surface area contributed by atoms with Gasteiger partial charge in [0.25, 0.3) is 0 Å². The first-order chi connectivity index (χ1) is 14.6. The third-order valence-corrected chi connectivity index (χ3v) is 5.56. The van der Waals surface area contributed by atoms with Gasteiger partial charge in [0.05, 0.1) is 26.1 Å². The number of benzene rings is 2. The van der Waals surface area contributed by atoms with E-state index in [0.717, 1.165) is 48.0 Å². The molecule has 2 aromatic carbocycles. The molecular weight excluding hydrogens is 376 g/mol. The lowest BCUT2D eigenvalue weighted by molar-refractivity contribution is 0.313. The molecule has 1 N–H and O–H groups in total. The van der Waals surface area contributed by atoms with Crippen LogP contribution in [0.3, 0.4) is 0 Å². The van der Waals surface area contributed by atoms with Crippen molar-refractivity contribution in [1.82, 2.24) is 19.7 Å². The molecule has 0 aliphatic rings. The Balaban J connectivity index is 1.49. The number of methoxy groups -OCH3 is 2. The van der Waals surface area contributed by atoms with E-state index >= 15 is 0 Å². The third-order valence-electron chi connectivity index (χ3n) is 5.56. The van der Waals surface area contributed by atoms with E-state index in [1.807, 2.05) is 24.4 Å². The maximum atomic E-state index is 5.58. The summed E-state index contributed by atoms with van der Waals surface area (Å²) in [6.07, 6.45) is 1.89. The molecule has 0 atom stereocenters. The summed E-state index contributed by atoms with van der Waals surface area (Å²) >= 11 is 0. The molecule has 0 bridgehead atoms. The van der Waals surface area contributed by atoms with Crippen LogP contribution in [0.2, 0.25) is 0 Å². The molecule has 6 heteroatoms. The molecule has 0 aliphatic heterocycles. The minimum atomic E-state index is 0.761. The fraction of sp³-hybridized carbons (Fsp3) is 0.292. The monoisotopic (exact) mass is 404 g/mol. The highest BCUT2D eigenvalue weighted by Gasteiger charge is 2.15. The number of para-hydroxylation sites is 1. The number of aryl methyl sites for hydroxylation is 1. The fourth-order valence-electron chi connectivity index (χ4n) is 3.95. The number of aromatic amines is 1. The van der Waals surface area contributed by atoms with Gasteiger partial charge in [-0.25, -0.2) is 0 Å². The van der Waals surface area contributed by atoms with E-state index in [-0.39, 0.29) is 0 Å². The van der Waals surface area contributed by atoms with Crippen LogP contribution < -0.4 is 9.47 Å². The minimum Gasteiger partial charge on any atom is -0.497 e. The molecule has 6 nitrogen and oxygen atoms in total. The maximum Gasteiger partial charge on any atom is 0.131 e. The second kappa shape index (κ2) is 8.63. The molecule has 2 heterocycles. The number of hydrogen-bond donors (Lipinski definition) is 1. The molecule has 0 radical (unpaired) electrons. The predicted molar refractivity (Wildman–Crippen MR) is 120 cm³/mol. The summed E-state index contributed by atoms with van der Waals surface area (Å²) in [5.41, 5.74) is 5.66. The van der Waals surface area contributed by atoms with Crippen molar-refractivity contribution in [2.45, 2.75) is 20.0 Å². The highest BCUT2D eigenvalue weighted by atomic mass is 16.5. The smallest absolute Gasteiger partial charge is 0.131 e. The Kier molecular flexibility index (Phi) is 5.77. The maximum absolute atomic E-state index is 5.58. The first kappa shape index (κ1) is 20.0. The van der Waals surface area contributed by atoms with Crippen LogP contribution in [0.1, 0.15) is 11.3 Å². The first-order valence-corrected chi connectivity index (χ1v) is 10.1. The van der Waals surface area contributed by atoms with Gasteiger partial charge in [-0.1, -0.05) is 18.2 Å². The number of H-pyrrole nitrogens is 1. The van der Waals surface area contributed by atoms with Crippen LogP contribution >= 0.6 is 0 Å². The molecule has 0 unspecified atom stereocenters. The number of aromatic nitrogens is 3. The van der Waals surface area contributed by atoms with Crippen LogP contribution in [0.15, 0.2) is 54.7 Å². The van der Waals surface area contributed by atoms with Gasteiger partial charge in [-0.05, 0) is 43.6 Å². The first-order valence-electron chi connectivity index (χ1n) is 10.1. The van der Waals surface area contributed by atoms with Crippen molar-refractivity contribution in [3.63, 3.8) is 0 Å². The van der Waals surface area contributed by atoms with Crippen molar-refractivity contribution >= 4 is 10.9 Å². The number of hydrogen-bond acceptors (Lipinski definition) is 4. The SMILES string of the molecule is COc1ccc(-c2[nH]ncc2CN(C)CCn2c(C)cc3ccccc32)c(OC)c1. The normalized spacial score (nSPS) is 11.4. The minimum absolute atomic E-state index is 0.761. The molecular formula is C24H28N4O2. The van der Waals surface area contributed by atoms with Gasteiger partial charge in [0.1, 0.15) is 11.5 Å². The van der Waals surface area contributed by atoms with Gasteiger partial charge < -0.3 is 18.9 Å². The van der Waals surface area contributed by atoms with Crippen LogP contribution in [0, 0.1) is 6.92 Å². The summed E-state index contributed by atoms with van der Waals surface area (Å²) in [6.45, 7) is 4.84. The van der Waals surface area contributed by atoms with Crippen LogP contribution in [0.5, 0.6) is 11.5 Å². The molecule has 30 heavy (non-hydrogen) atoms. The molecule has 0 spiro atoms. The lowest BCUT2D eigenvalue weighted by Gasteiger charge is -2.19. The molecule has 4 aromatic rings. The number of rotatable bonds is 8. The number of fused-ring (bicyclic) bond motifs is 1. The Bertz CT molecular complexity index is 1150. The van der Waals surface area contributed by atoms with E-state index in [0.29, 0.717) is 0 Å². The summed E-state index contributed by atoms with van der Waals surface area (Å²) in [5, 5.41) is 8.72. The van der Waals surface area contributed by atoms with E-state index in [9.17, 15) is 0 Å². The van der Waals surface area contributed by atoms with E-state index in [1.54, 1.807) is 14.2 Å². The Morgan fingerprint density at radius 2 is 1.90 bits per heavy atom. The van der Waals surface area contributed by atoms with Crippen molar-refractivity contribution in [3.8, 4) is 22.8 Å². The van der Waals surface area contributed by atoms with Crippen LogP contribution in [-0.2, 0) is 13.1 Å². The van der Waals surface area contributed by atoms with Crippen LogP contribution in [0.4, 0.5) is 0 Å². The summed E-state index contributed by atoms with van der Waals surface area (Å²) in [5.74, 6) is 1.53. The number of likely N-dealkylation sites (N-methyl/N-ethyl adjacent to an activating group) is 1. The van der Waals surface area contributed by atoms with E-state index in [2.05, 4.69) is 64.0 Å². The van der Waals surface area contributed by atoms with E-state index in [1.165, 1.54) is 16.6 Å². The molecule has 156 valence electrons. The van der Waals surface area contributed by atoms with Gasteiger partial charge >= 0.3 is 0 Å². The predicted octanol–water partition coefficient (Wildman–Crippen LogP) is 4.49. The largest absolute Gasteiger partial charge is 0.497 e. The molecule has 4 rings (SSSR count). The third kappa shape index (κ3) is 3.91. The Hall–Kier alpha value is -3.25. The van der Waals surface area contributed by atoms with Crippen molar-refractivity contribution in [1.29, 1.82) is 0 Å². The van der Waals surface area contributed by atoms with Crippen LogP contribution in [0.25, 0.3) is 22.2 Å². The highest BCUT2D eigenvalue weighted by Crippen LogP contribution is 2.34. The molecule has 0 fully saturated rings. The van der Waals surface area contributed by atoms with Crippen molar-refractivity contribution in [2.24, 2.45) is 0 Å². The molecule has 2 aromatic heterocycles. The van der Waals surface area contributed by atoms with Gasteiger partial charge in [-0.15, -0.1) is 0 Å². The van der Waals surface area contributed by atoms with E-state index < -0.39 is 0 Å². The summed E-state index contributed by atoms with van der Waals surface area (Å²) in [7, 11) is 5.47. The van der Waals surface area contributed by atoms with Gasteiger partial charge in [-0.3, -0.25) is 5.10 Å². The van der Waals surface area contributed by atoms with Crippen LogP contribution in [-0.4, -0.2) is 47.5 Å². The number of nitrogens with one attached hydrogen (secondary N) is 1. The lowest BCUT2D eigenvalue weighted by atomic mass is 10.1. The van der Waals surface area contributed by atoms with Crippen molar-refractivity contribution in [2.75, 3.05) is 27.8 Å². The zero-order chi connectivity index (χ0) is 21.1. The zero-order valence-corrected chi connectivity index (χ0v) is 18.0. The summed E-state index contributed by atoms with van der Waals surface area (Å²) in [4.78, 5) is 2.32. The molecule has 0 aliphatic carbocycles. The van der Waals surface area contributed by atoms with Crippen molar-refractivity contribution < 1.29 is 9.47 Å². The zero-order valence-electron chi connectivity index (χ0n) is 18.0. The Morgan fingerprint density at radius 1 is 1.07 bits per heavy atom.